The minimum Gasteiger partial charge on any atom is -0.512 e. The van der Waals surface area contributed by atoms with Gasteiger partial charge in [-0.1, -0.05) is 80.3 Å². The number of nitrogens with zero attached hydrogens (tertiary/aromatic N) is 2. The monoisotopic (exact) mass is 736 g/mol. The van der Waals surface area contributed by atoms with Gasteiger partial charge in [0.15, 0.2) is 5.78 Å². The number of hydrogen-bond donors (Lipinski definition) is 1. The molecule has 6 rings (SSSR count). The molecule has 4 nitrogen and oxygen atoms in total. The third-order valence-corrected chi connectivity index (χ3v) is 8.52. The first-order chi connectivity index (χ1) is 19.9. The molecule has 42 heavy (non-hydrogen) atoms. The maximum atomic E-state index is 11.7. The minimum atomic E-state index is 0. The number of ketones is 1. The van der Waals surface area contributed by atoms with Gasteiger partial charge in [-0.05, 0) is 56.4 Å². The minimum absolute atomic E-state index is 0. The fraction of sp³-hybridized carbons (Fsp3) is 0.297. The summed E-state index contributed by atoms with van der Waals surface area (Å²) < 4.78 is 2.36. The van der Waals surface area contributed by atoms with Gasteiger partial charge in [-0.2, -0.15) is 0 Å². The van der Waals surface area contributed by atoms with Crippen LogP contribution in [0.25, 0.3) is 49.0 Å². The Labute approximate surface area is 261 Å². The average molecular weight is 736 g/mol. The molecule has 0 aliphatic rings. The molecule has 0 saturated heterocycles. The predicted molar refractivity (Wildman–Crippen MR) is 173 cm³/mol. The zero-order valence-corrected chi connectivity index (χ0v) is 27.5. The second-order valence-electron chi connectivity index (χ2n) is 10.8. The summed E-state index contributed by atoms with van der Waals surface area (Å²) >= 11 is 0. The summed E-state index contributed by atoms with van der Waals surface area (Å²) in [5, 5.41) is 15.7. The first-order valence-electron chi connectivity index (χ1n) is 14.9. The van der Waals surface area contributed by atoms with Gasteiger partial charge in [0.2, 0.25) is 0 Å². The quantitative estimate of drug-likeness (QED) is 0.0584. The Morgan fingerprint density at radius 3 is 2.24 bits per heavy atom. The predicted octanol–water partition coefficient (Wildman–Crippen LogP) is 9.92. The number of allylic oxidation sites excluding steroid dienone is 2. The molecule has 5 heteroatoms. The zero-order chi connectivity index (χ0) is 29.1. The van der Waals surface area contributed by atoms with E-state index < -0.39 is 0 Å². The van der Waals surface area contributed by atoms with Crippen LogP contribution in [0.2, 0.25) is 0 Å². The number of aliphatic hydroxyl groups is 1. The molecule has 0 aliphatic carbocycles. The summed E-state index contributed by atoms with van der Waals surface area (Å²) in [6.07, 6.45) is 6.78. The molecule has 0 saturated carbocycles. The molecule has 0 fully saturated rings. The van der Waals surface area contributed by atoms with Crippen LogP contribution >= 0.6 is 0 Å². The van der Waals surface area contributed by atoms with Gasteiger partial charge in [-0.25, -0.2) is 0 Å². The van der Waals surface area contributed by atoms with Crippen LogP contribution in [0.15, 0.2) is 84.8 Å². The molecule has 6 aromatic rings. The molecule has 3 aromatic heterocycles. The van der Waals surface area contributed by atoms with Crippen molar-refractivity contribution in [1.29, 1.82) is 0 Å². The standard InChI is InChI=1S/C24H15N2.C13H24O2.Ir/c1-15-18-9-4-5-10-21(18)26-22-11-6-12-25-23(22)19-13-16-7-2-3-8-17(16)14-20(19)24(15)26;1-5-10(6-2)12(14)9-13(15)11(7-3)8-4;/h2-12,14H,1H3;9-11,14H,5-8H2,1-4H3;/q-1;;/b;12-9-;. The molecular formula is C37H39IrN2O2-. The van der Waals surface area contributed by atoms with Gasteiger partial charge in [0.05, 0.1) is 11.3 Å². The molecule has 0 spiro atoms. The Balaban J connectivity index is 0.000000221. The summed E-state index contributed by atoms with van der Waals surface area (Å²) in [4.78, 5) is 16.4. The van der Waals surface area contributed by atoms with E-state index in [1.807, 2.05) is 40.0 Å². The number of aliphatic hydroxyl groups excluding tert-OH is 1. The van der Waals surface area contributed by atoms with E-state index in [0.717, 1.165) is 47.5 Å². The van der Waals surface area contributed by atoms with Crippen LogP contribution < -0.4 is 0 Å². The zero-order valence-electron chi connectivity index (χ0n) is 25.1. The molecule has 3 heterocycles. The van der Waals surface area contributed by atoms with Crippen LogP contribution in [0, 0.1) is 24.8 Å². The largest absolute Gasteiger partial charge is 0.512 e. The van der Waals surface area contributed by atoms with Crippen molar-refractivity contribution in [2.24, 2.45) is 11.8 Å². The molecule has 0 aliphatic heterocycles. The first kappa shape index (κ1) is 31.4. The summed E-state index contributed by atoms with van der Waals surface area (Å²) in [5.74, 6) is 0.547. The van der Waals surface area contributed by atoms with Gasteiger partial charge in [0.1, 0.15) is 0 Å². The van der Waals surface area contributed by atoms with E-state index in [-0.39, 0.29) is 43.5 Å². The Bertz CT molecular complexity index is 1900. The summed E-state index contributed by atoms with van der Waals surface area (Å²) in [5.41, 5.74) is 5.92. The van der Waals surface area contributed by atoms with Gasteiger partial charge in [0.25, 0.3) is 0 Å². The van der Waals surface area contributed by atoms with Crippen molar-refractivity contribution in [2.75, 3.05) is 0 Å². The summed E-state index contributed by atoms with van der Waals surface area (Å²) in [6.45, 7) is 10.3. The van der Waals surface area contributed by atoms with Crippen molar-refractivity contribution < 1.29 is 30.0 Å². The Hall–Kier alpha value is -3.53. The normalized spacial score (nSPS) is 11.9. The van der Waals surface area contributed by atoms with Crippen molar-refractivity contribution in [3.63, 3.8) is 0 Å². The number of carbonyl (C=O) groups is 1. The van der Waals surface area contributed by atoms with Crippen molar-refractivity contribution in [2.45, 2.75) is 60.3 Å². The van der Waals surface area contributed by atoms with Crippen LogP contribution in [0.4, 0.5) is 0 Å². The van der Waals surface area contributed by atoms with Gasteiger partial charge >= 0.3 is 0 Å². The van der Waals surface area contributed by atoms with E-state index in [0.29, 0.717) is 0 Å². The Morgan fingerprint density at radius 2 is 1.52 bits per heavy atom. The molecule has 219 valence electrons. The molecule has 0 unspecified atom stereocenters. The van der Waals surface area contributed by atoms with Gasteiger partial charge in [0, 0.05) is 66.2 Å². The second-order valence-corrected chi connectivity index (χ2v) is 10.8. The molecule has 1 radical (unpaired) electrons. The van der Waals surface area contributed by atoms with Gasteiger partial charge in [-0.15, -0.1) is 23.6 Å². The van der Waals surface area contributed by atoms with E-state index in [9.17, 15) is 9.90 Å². The third kappa shape index (κ3) is 5.73. The van der Waals surface area contributed by atoms with Crippen LogP contribution in [0.5, 0.6) is 0 Å². The Kier molecular flexibility index (Phi) is 10.2. The Morgan fingerprint density at radius 1 is 0.881 bits per heavy atom. The maximum Gasteiger partial charge on any atom is 0.162 e. The molecule has 1 N–H and O–H groups in total. The SMILES string of the molecule is CCC(CC)C(=O)/C=C(\O)C(CC)CC.Cc1c2ccccc2n2c3cccnc3c3[c-]c4ccccc4cc3c12.[Ir]. The van der Waals surface area contributed by atoms with Crippen molar-refractivity contribution in [3.05, 3.63) is 96.4 Å². The van der Waals surface area contributed by atoms with E-state index in [2.05, 4.69) is 78.1 Å². The van der Waals surface area contributed by atoms with E-state index >= 15 is 0 Å². The molecule has 0 amide bonds. The van der Waals surface area contributed by atoms with Crippen LogP contribution in [-0.2, 0) is 24.9 Å². The molecular weight excluding hydrogens is 697 g/mol. The number of carbonyl (C=O) groups excluding carboxylic acids is 1. The molecule has 0 bridgehead atoms. The fourth-order valence-electron chi connectivity index (χ4n) is 6.06. The van der Waals surface area contributed by atoms with Gasteiger partial charge in [-0.3, -0.25) is 9.78 Å². The van der Waals surface area contributed by atoms with Crippen molar-refractivity contribution in [3.8, 4) is 0 Å². The molecule has 3 aromatic carbocycles. The van der Waals surface area contributed by atoms with Gasteiger partial charge < -0.3 is 9.51 Å². The molecule has 0 atom stereocenters. The third-order valence-electron chi connectivity index (χ3n) is 8.52. The second kappa shape index (κ2) is 13.6. The number of aryl methyl sites for hydroxylation is 1. The van der Waals surface area contributed by atoms with Crippen LogP contribution in [0.3, 0.4) is 0 Å². The van der Waals surface area contributed by atoms with Crippen molar-refractivity contribution in [1.82, 2.24) is 9.38 Å². The fourth-order valence-corrected chi connectivity index (χ4v) is 6.06. The topological polar surface area (TPSA) is 54.6 Å². The summed E-state index contributed by atoms with van der Waals surface area (Å²) in [6, 6.07) is 27.1. The number of benzene rings is 3. The maximum absolute atomic E-state index is 11.7. The van der Waals surface area contributed by atoms with Crippen molar-refractivity contribution >= 4 is 54.8 Å². The number of hydrogen-bond acceptors (Lipinski definition) is 3. The number of fused-ring (bicyclic) bond motifs is 9. The first-order valence-corrected chi connectivity index (χ1v) is 14.9. The number of pyridine rings is 2. The number of rotatable bonds is 7. The number of para-hydroxylation sites is 1. The van der Waals surface area contributed by atoms with E-state index in [4.69, 9.17) is 4.98 Å². The summed E-state index contributed by atoms with van der Waals surface area (Å²) in [7, 11) is 0. The van der Waals surface area contributed by atoms with E-state index in [1.54, 1.807) is 0 Å². The van der Waals surface area contributed by atoms with Crippen LogP contribution in [0.1, 0.15) is 58.9 Å². The average Bonchev–Trinajstić information content (AvgIpc) is 3.30. The van der Waals surface area contributed by atoms with Crippen LogP contribution in [-0.4, -0.2) is 20.3 Å². The van der Waals surface area contributed by atoms with E-state index in [1.165, 1.54) is 38.8 Å². The smallest absolute Gasteiger partial charge is 0.162 e. The number of aromatic nitrogens is 2.